The monoisotopic (exact) mass is 355 g/mol. The van der Waals surface area contributed by atoms with Crippen LogP contribution in [0.3, 0.4) is 0 Å². The topological polar surface area (TPSA) is 55.8 Å². The molecule has 5 heteroatoms. The van der Waals surface area contributed by atoms with Gasteiger partial charge in [-0.1, -0.05) is 67.6 Å². The molecule has 26 heavy (non-hydrogen) atoms. The molecule has 1 unspecified atom stereocenters. The number of amides is 1. The van der Waals surface area contributed by atoms with Gasteiger partial charge in [0.15, 0.2) is 0 Å². The van der Waals surface area contributed by atoms with Crippen LogP contribution < -0.4 is 0 Å². The number of methoxy groups -OCH3 is 1. The normalized spacial score (nSPS) is 11.5. The third kappa shape index (κ3) is 6.24. The highest BCUT2D eigenvalue weighted by atomic mass is 16.6. The summed E-state index contributed by atoms with van der Waals surface area (Å²) in [6, 6.07) is 19.3. The summed E-state index contributed by atoms with van der Waals surface area (Å²) in [7, 11) is 1.37. The minimum Gasteiger partial charge on any atom is -0.469 e. The number of ether oxygens (including phenoxy) is 2. The standard InChI is InChI=1S/C21H25NO4/c1-17(20(23)25-2)13-14-22(15-18-9-5-3-6-10-18)21(24)26-16-19-11-7-4-8-12-19/h3-12,17H,13-16H2,1-2H3. The first kappa shape index (κ1) is 19.5. The van der Waals surface area contributed by atoms with E-state index in [1.54, 1.807) is 11.8 Å². The molecule has 0 spiro atoms. The fraction of sp³-hybridized carbons (Fsp3) is 0.333. The molecule has 0 aliphatic carbocycles. The van der Waals surface area contributed by atoms with Crippen LogP contribution in [0.2, 0.25) is 0 Å². The maximum absolute atomic E-state index is 12.6. The molecule has 1 amide bonds. The Balaban J connectivity index is 1.98. The Morgan fingerprint density at radius 3 is 2.12 bits per heavy atom. The summed E-state index contributed by atoms with van der Waals surface area (Å²) in [6.07, 6.45) is 0.120. The summed E-state index contributed by atoms with van der Waals surface area (Å²) in [5.41, 5.74) is 1.94. The number of nitrogens with zero attached hydrogens (tertiary/aromatic N) is 1. The third-order valence-electron chi connectivity index (χ3n) is 4.12. The highest BCUT2D eigenvalue weighted by molar-refractivity contribution is 5.72. The Morgan fingerprint density at radius 1 is 0.962 bits per heavy atom. The van der Waals surface area contributed by atoms with E-state index in [0.717, 1.165) is 11.1 Å². The molecule has 0 saturated carbocycles. The molecule has 0 saturated heterocycles. The molecule has 5 nitrogen and oxygen atoms in total. The number of benzene rings is 2. The first-order valence-electron chi connectivity index (χ1n) is 8.67. The summed E-state index contributed by atoms with van der Waals surface area (Å²) >= 11 is 0. The Kier molecular flexibility index (Phi) is 7.68. The maximum atomic E-state index is 12.6. The Labute approximate surface area is 154 Å². The van der Waals surface area contributed by atoms with Crippen LogP contribution in [-0.2, 0) is 27.4 Å². The van der Waals surface area contributed by atoms with E-state index in [0.29, 0.717) is 19.5 Å². The lowest BCUT2D eigenvalue weighted by Crippen LogP contribution is -2.33. The van der Waals surface area contributed by atoms with E-state index in [-0.39, 0.29) is 18.5 Å². The summed E-state index contributed by atoms with van der Waals surface area (Å²) in [6.45, 7) is 2.86. The van der Waals surface area contributed by atoms with E-state index in [4.69, 9.17) is 9.47 Å². The molecule has 0 aromatic heterocycles. The number of esters is 1. The maximum Gasteiger partial charge on any atom is 0.410 e. The lowest BCUT2D eigenvalue weighted by Gasteiger charge is -2.23. The molecule has 0 radical (unpaired) electrons. The van der Waals surface area contributed by atoms with E-state index in [1.807, 2.05) is 60.7 Å². The summed E-state index contributed by atoms with van der Waals surface area (Å²) in [4.78, 5) is 25.8. The number of hydrogen-bond acceptors (Lipinski definition) is 4. The zero-order valence-corrected chi connectivity index (χ0v) is 15.3. The van der Waals surface area contributed by atoms with Crippen molar-refractivity contribution in [3.63, 3.8) is 0 Å². The van der Waals surface area contributed by atoms with Gasteiger partial charge >= 0.3 is 12.1 Å². The molecular formula is C21H25NO4. The van der Waals surface area contributed by atoms with Gasteiger partial charge in [-0.3, -0.25) is 4.79 Å². The predicted molar refractivity (Wildman–Crippen MR) is 99.3 cm³/mol. The van der Waals surface area contributed by atoms with Gasteiger partial charge in [0, 0.05) is 13.1 Å². The Hall–Kier alpha value is -2.82. The van der Waals surface area contributed by atoms with Crippen molar-refractivity contribution >= 4 is 12.1 Å². The molecule has 0 N–H and O–H groups in total. The third-order valence-corrected chi connectivity index (χ3v) is 4.12. The summed E-state index contributed by atoms with van der Waals surface area (Å²) < 4.78 is 10.2. The molecule has 138 valence electrons. The second-order valence-electron chi connectivity index (χ2n) is 6.16. The van der Waals surface area contributed by atoms with E-state index in [2.05, 4.69) is 0 Å². The lowest BCUT2D eigenvalue weighted by molar-refractivity contribution is -0.145. The second-order valence-corrected chi connectivity index (χ2v) is 6.16. The van der Waals surface area contributed by atoms with Gasteiger partial charge in [-0.2, -0.15) is 0 Å². The molecule has 2 aromatic rings. The molecule has 0 heterocycles. The van der Waals surface area contributed by atoms with Crippen LogP contribution in [0.1, 0.15) is 24.5 Å². The van der Waals surface area contributed by atoms with Crippen molar-refractivity contribution < 1.29 is 19.1 Å². The van der Waals surface area contributed by atoms with Crippen molar-refractivity contribution in [3.05, 3.63) is 71.8 Å². The minimum absolute atomic E-state index is 0.220. The van der Waals surface area contributed by atoms with Gasteiger partial charge in [0.2, 0.25) is 0 Å². The van der Waals surface area contributed by atoms with Gasteiger partial charge < -0.3 is 14.4 Å². The van der Waals surface area contributed by atoms with E-state index < -0.39 is 6.09 Å². The molecule has 0 aliphatic rings. The number of carbonyl (C=O) groups is 2. The van der Waals surface area contributed by atoms with Crippen molar-refractivity contribution in [1.82, 2.24) is 4.90 Å². The fourth-order valence-electron chi connectivity index (χ4n) is 2.52. The quantitative estimate of drug-likeness (QED) is 0.671. The minimum atomic E-state index is -0.394. The highest BCUT2D eigenvalue weighted by Gasteiger charge is 2.20. The number of carbonyl (C=O) groups excluding carboxylic acids is 2. The molecule has 0 aliphatic heterocycles. The Morgan fingerprint density at radius 2 is 1.54 bits per heavy atom. The lowest BCUT2D eigenvalue weighted by atomic mass is 10.1. The van der Waals surface area contributed by atoms with Crippen LogP contribution in [0, 0.1) is 5.92 Å². The van der Waals surface area contributed by atoms with Gasteiger partial charge in [0.05, 0.1) is 13.0 Å². The van der Waals surface area contributed by atoms with E-state index in [1.165, 1.54) is 7.11 Å². The average Bonchev–Trinajstić information content (AvgIpc) is 2.69. The fourth-order valence-corrected chi connectivity index (χ4v) is 2.52. The van der Waals surface area contributed by atoms with Crippen LogP contribution in [0.15, 0.2) is 60.7 Å². The van der Waals surface area contributed by atoms with Crippen molar-refractivity contribution in [1.29, 1.82) is 0 Å². The first-order valence-corrected chi connectivity index (χ1v) is 8.67. The van der Waals surface area contributed by atoms with Gasteiger partial charge in [-0.15, -0.1) is 0 Å². The van der Waals surface area contributed by atoms with Crippen LogP contribution in [0.5, 0.6) is 0 Å². The smallest absolute Gasteiger partial charge is 0.410 e. The Bertz CT molecular complexity index is 688. The first-order chi connectivity index (χ1) is 12.6. The van der Waals surface area contributed by atoms with Crippen molar-refractivity contribution in [2.24, 2.45) is 5.92 Å². The van der Waals surface area contributed by atoms with E-state index in [9.17, 15) is 9.59 Å². The molecule has 1 atom stereocenters. The SMILES string of the molecule is COC(=O)C(C)CCN(Cc1ccccc1)C(=O)OCc1ccccc1. The molecular weight excluding hydrogens is 330 g/mol. The molecule has 0 bridgehead atoms. The van der Waals surface area contributed by atoms with Gasteiger partial charge in [0.1, 0.15) is 6.61 Å². The summed E-state index contributed by atoms with van der Waals surface area (Å²) in [5.74, 6) is -0.553. The molecule has 2 rings (SSSR count). The summed E-state index contributed by atoms with van der Waals surface area (Å²) in [5, 5.41) is 0. The molecule has 2 aromatic carbocycles. The number of rotatable bonds is 8. The van der Waals surface area contributed by atoms with Crippen LogP contribution in [-0.4, -0.2) is 30.6 Å². The van der Waals surface area contributed by atoms with Crippen molar-refractivity contribution in [3.8, 4) is 0 Å². The van der Waals surface area contributed by atoms with Crippen LogP contribution >= 0.6 is 0 Å². The van der Waals surface area contributed by atoms with Crippen LogP contribution in [0.4, 0.5) is 4.79 Å². The van der Waals surface area contributed by atoms with Crippen molar-refractivity contribution in [2.75, 3.05) is 13.7 Å². The average molecular weight is 355 g/mol. The number of hydrogen-bond donors (Lipinski definition) is 0. The van der Waals surface area contributed by atoms with Gasteiger partial charge in [-0.25, -0.2) is 4.79 Å². The highest BCUT2D eigenvalue weighted by Crippen LogP contribution is 2.12. The zero-order chi connectivity index (χ0) is 18.8. The largest absolute Gasteiger partial charge is 0.469 e. The van der Waals surface area contributed by atoms with Crippen LogP contribution in [0.25, 0.3) is 0 Å². The molecule has 0 fully saturated rings. The zero-order valence-electron chi connectivity index (χ0n) is 15.3. The van der Waals surface area contributed by atoms with Crippen molar-refractivity contribution in [2.45, 2.75) is 26.5 Å². The second kappa shape index (κ2) is 10.2. The van der Waals surface area contributed by atoms with E-state index >= 15 is 0 Å². The predicted octanol–water partition coefficient (Wildman–Crippen LogP) is 4.02. The van der Waals surface area contributed by atoms with Gasteiger partial charge in [0.25, 0.3) is 0 Å². The van der Waals surface area contributed by atoms with Gasteiger partial charge in [-0.05, 0) is 17.5 Å².